The van der Waals surface area contributed by atoms with Gasteiger partial charge < -0.3 is 9.52 Å². The van der Waals surface area contributed by atoms with E-state index in [1.807, 2.05) is 27.7 Å². The number of phenolic OH excluding ortho intramolecular Hbond substituents is 1. The molecular weight excluding hydrogens is 319 g/mol. The first kappa shape index (κ1) is 19.5. The fourth-order valence-corrected chi connectivity index (χ4v) is 1.87. The number of hydrogen-bond donors (Lipinski definition) is 1. The van der Waals surface area contributed by atoms with Crippen molar-refractivity contribution in [1.82, 2.24) is 4.98 Å². The lowest BCUT2D eigenvalue weighted by Gasteiger charge is -2.08. The maximum atomic E-state index is 12.7. The summed E-state index contributed by atoms with van der Waals surface area (Å²) in [4.78, 5) is 4.07. The SMILES string of the molecule is CC.CC.Oc1ccc(C(F)(F)F)cc1-c1nc2ccccc2o1. The number of oxazole rings is 1. The van der Waals surface area contributed by atoms with Gasteiger partial charge in [-0.05, 0) is 30.3 Å². The second-order valence-corrected chi connectivity index (χ2v) is 4.22. The van der Waals surface area contributed by atoms with Gasteiger partial charge in [0.15, 0.2) is 5.58 Å². The van der Waals surface area contributed by atoms with Crippen LogP contribution in [0.25, 0.3) is 22.6 Å². The Morgan fingerprint density at radius 3 is 2.17 bits per heavy atom. The van der Waals surface area contributed by atoms with Crippen molar-refractivity contribution in [3.63, 3.8) is 0 Å². The minimum atomic E-state index is -4.49. The molecule has 130 valence electrons. The van der Waals surface area contributed by atoms with E-state index in [2.05, 4.69) is 4.98 Å². The Bertz CT molecular complexity index is 746. The molecule has 3 rings (SSSR count). The third kappa shape index (κ3) is 4.28. The van der Waals surface area contributed by atoms with E-state index in [0.29, 0.717) is 11.1 Å². The van der Waals surface area contributed by atoms with Crippen molar-refractivity contribution in [2.24, 2.45) is 0 Å². The number of phenols is 1. The number of aromatic nitrogens is 1. The summed E-state index contributed by atoms with van der Waals surface area (Å²) in [5, 5.41) is 9.71. The van der Waals surface area contributed by atoms with Crippen LogP contribution in [0.2, 0.25) is 0 Å². The van der Waals surface area contributed by atoms with Crippen LogP contribution in [0.1, 0.15) is 33.3 Å². The van der Waals surface area contributed by atoms with E-state index in [1.54, 1.807) is 24.3 Å². The number of alkyl halides is 3. The Hall–Kier alpha value is -2.50. The molecule has 0 saturated carbocycles. The molecule has 1 N–H and O–H groups in total. The second kappa shape index (κ2) is 8.38. The van der Waals surface area contributed by atoms with Crippen LogP contribution in [0.5, 0.6) is 5.75 Å². The Balaban J connectivity index is 0.000000671. The number of hydrogen-bond acceptors (Lipinski definition) is 3. The van der Waals surface area contributed by atoms with Crippen molar-refractivity contribution in [3.05, 3.63) is 48.0 Å². The molecule has 0 amide bonds. The van der Waals surface area contributed by atoms with Crippen molar-refractivity contribution in [2.45, 2.75) is 33.9 Å². The Morgan fingerprint density at radius 1 is 0.958 bits per heavy atom. The lowest BCUT2D eigenvalue weighted by atomic mass is 10.1. The highest BCUT2D eigenvalue weighted by atomic mass is 19.4. The molecule has 0 atom stereocenters. The highest BCUT2D eigenvalue weighted by Crippen LogP contribution is 2.37. The summed E-state index contributed by atoms with van der Waals surface area (Å²) in [6.07, 6.45) is -4.49. The molecule has 2 aromatic carbocycles. The Morgan fingerprint density at radius 2 is 1.58 bits per heavy atom. The first-order valence-corrected chi connectivity index (χ1v) is 7.71. The lowest BCUT2D eigenvalue weighted by molar-refractivity contribution is -0.137. The zero-order valence-corrected chi connectivity index (χ0v) is 14.0. The second-order valence-electron chi connectivity index (χ2n) is 4.22. The van der Waals surface area contributed by atoms with E-state index < -0.39 is 11.7 Å². The normalized spacial score (nSPS) is 10.5. The Labute approximate surface area is 138 Å². The smallest absolute Gasteiger partial charge is 0.416 e. The van der Waals surface area contributed by atoms with E-state index in [0.717, 1.165) is 18.2 Å². The van der Waals surface area contributed by atoms with Crippen LogP contribution < -0.4 is 0 Å². The molecule has 3 aromatic rings. The zero-order valence-electron chi connectivity index (χ0n) is 14.0. The molecule has 0 spiro atoms. The van der Waals surface area contributed by atoms with Crippen LogP contribution in [-0.4, -0.2) is 10.1 Å². The summed E-state index contributed by atoms with van der Waals surface area (Å²) in [7, 11) is 0. The molecule has 0 unspecified atom stereocenters. The van der Waals surface area contributed by atoms with E-state index in [1.165, 1.54) is 0 Å². The van der Waals surface area contributed by atoms with Gasteiger partial charge in [0, 0.05) is 0 Å². The molecule has 0 fully saturated rings. The number of rotatable bonds is 1. The molecule has 0 aliphatic heterocycles. The summed E-state index contributed by atoms with van der Waals surface area (Å²) >= 11 is 0. The molecule has 0 bridgehead atoms. The fourth-order valence-electron chi connectivity index (χ4n) is 1.87. The lowest BCUT2D eigenvalue weighted by Crippen LogP contribution is -2.04. The number of aromatic hydroxyl groups is 1. The summed E-state index contributed by atoms with van der Waals surface area (Å²) in [6.45, 7) is 8.00. The van der Waals surface area contributed by atoms with Crippen molar-refractivity contribution in [3.8, 4) is 17.2 Å². The van der Waals surface area contributed by atoms with Gasteiger partial charge in [0.25, 0.3) is 0 Å². The van der Waals surface area contributed by atoms with E-state index in [9.17, 15) is 18.3 Å². The maximum absolute atomic E-state index is 12.7. The van der Waals surface area contributed by atoms with E-state index >= 15 is 0 Å². The summed E-state index contributed by atoms with van der Waals surface area (Å²) in [5.74, 6) is -0.362. The average Bonchev–Trinajstić information content (AvgIpc) is 3.01. The largest absolute Gasteiger partial charge is 0.507 e. The minimum absolute atomic E-state index is 0.0465. The van der Waals surface area contributed by atoms with E-state index in [4.69, 9.17) is 4.42 Å². The third-order valence-corrected chi connectivity index (χ3v) is 2.85. The molecule has 0 radical (unpaired) electrons. The van der Waals surface area contributed by atoms with Crippen LogP contribution in [0.15, 0.2) is 46.9 Å². The predicted octanol–water partition coefficient (Wildman–Crippen LogP) is 6.27. The molecule has 0 aliphatic rings. The Kier molecular flexibility index (Phi) is 6.82. The number of para-hydroxylation sites is 2. The van der Waals surface area contributed by atoms with Gasteiger partial charge in [0.2, 0.25) is 5.89 Å². The quantitative estimate of drug-likeness (QED) is 0.568. The number of fused-ring (bicyclic) bond motifs is 1. The van der Waals surface area contributed by atoms with E-state index in [-0.39, 0.29) is 17.2 Å². The van der Waals surface area contributed by atoms with Gasteiger partial charge in [0.1, 0.15) is 11.3 Å². The highest BCUT2D eigenvalue weighted by Gasteiger charge is 2.31. The van der Waals surface area contributed by atoms with Crippen molar-refractivity contribution in [1.29, 1.82) is 0 Å². The molecule has 6 heteroatoms. The van der Waals surface area contributed by atoms with Gasteiger partial charge in [-0.1, -0.05) is 39.8 Å². The van der Waals surface area contributed by atoms with Crippen molar-refractivity contribution < 1.29 is 22.7 Å². The number of benzene rings is 2. The first-order valence-electron chi connectivity index (χ1n) is 7.71. The summed E-state index contributed by atoms with van der Waals surface area (Å²) < 4.78 is 43.4. The molecule has 24 heavy (non-hydrogen) atoms. The molecular formula is C18H20F3NO2. The number of halogens is 3. The first-order chi connectivity index (χ1) is 11.4. The van der Waals surface area contributed by atoms with Crippen LogP contribution >= 0.6 is 0 Å². The minimum Gasteiger partial charge on any atom is -0.507 e. The summed E-state index contributed by atoms with van der Waals surface area (Å²) in [6, 6.07) is 9.39. The van der Waals surface area contributed by atoms with Gasteiger partial charge in [-0.15, -0.1) is 0 Å². The van der Waals surface area contributed by atoms with Crippen LogP contribution in [0.4, 0.5) is 13.2 Å². The maximum Gasteiger partial charge on any atom is 0.416 e. The van der Waals surface area contributed by atoms with Gasteiger partial charge in [-0.3, -0.25) is 0 Å². The van der Waals surface area contributed by atoms with Gasteiger partial charge in [-0.25, -0.2) is 4.98 Å². The molecule has 0 saturated heterocycles. The number of nitrogens with zero attached hydrogens (tertiary/aromatic N) is 1. The third-order valence-electron chi connectivity index (χ3n) is 2.85. The highest BCUT2D eigenvalue weighted by molar-refractivity contribution is 5.77. The summed E-state index contributed by atoms with van der Waals surface area (Å²) in [5.41, 5.74) is 0.00204. The molecule has 0 aliphatic carbocycles. The van der Waals surface area contributed by atoms with Gasteiger partial charge >= 0.3 is 6.18 Å². The standard InChI is InChI=1S/C14H8F3NO2.2C2H6/c15-14(16,17)8-5-6-11(19)9(7-8)13-18-10-3-1-2-4-12(10)20-13;2*1-2/h1-7,19H;2*1-2H3. The fraction of sp³-hybridized carbons (Fsp3) is 0.278. The zero-order chi connectivity index (χ0) is 18.3. The van der Waals surface area contributed by atoms with Crippen LogP contribution in [0.3, 0.4) is 0 Å². The molecule has 3 nitrogen and oxygen atoms in total. The van der Waals surface area contributed by atoms with Crippen LogP contribution in [0, 0.1) is 0 Å². The molecule has 1 aromatic heterocycles. The van der Waals surface area contributed by atoms with Crippen LogP contribution in [-0.2, 0) is 6.18 Å². The van der Waals surface area contributed by atoms with Crippen molar-refractivity contribution in [2.75, 3.05) is 0 Å². The average molecular weight is 339 g/mol. The van der Waals surface area contributed by atoms with Gasteiger partial charge in [-0.2, -0.15) is 13.2 Å². The van der Waals surface area contributed by atoms with Gasteiger partial charge in [0.05, 0.1) is 11.1 Å². The topological polar surface area (TPSA) is 46.3 Å². The molecule has 1 heterocycles. The predicted molar refractivity (Wildman–Crippen MR) is 88.8 cm³/mol. The monoisotopic (exact) mass is 339 g/mol. The van der Waals surface area contributed by atoms with Crippen molar-refractivity contribution >= 4 is 11.1 Å².